The van der Waals surface area contributed by atoms with Gasteiger partial charge in [0.15, 0.2) is 0 Å². The fourth-order valence-electron chi connectivity index (χ4n) is 2.92. The molecular weight excluding hydrogens is 194 g/mol. The van der Waals surface area contributed by atoms with E-state index in [1.54, 1.807) is 0 Å². The molecule has 1 aromatic rings. The van der Waals surface area contributed by atoms with E-state index in [1.165, 1.54) is 25.1 Å². The van der Waals surface area contributed by atoms with E-state index in [1.807, 2.05) is 12.1 Å². The molecule has 1 N–H and O–H groups in total. The molecule has 0 spiro atoms. The molecule has 3 unspecified atom stereocenters. The van der Waals surface area contributed by atoms with Gasteiger partial charge in [0.25, 0.3) is 0 Å². The molecule has 0 aromatic heterocycles. The van der Waals surface area contributed by atoms with Crippen molar-refractivity contribution < 1.29 is 0 Å². The minimum atomic E-state index is 0.712. The van der Waals surface area contributed by atoms with Crippen LogP contribution in [0.25, 0.3) is 0 Å². The second kappa shape index (κ2) is 3.25. The van der Waals surface area contributed by atoms with Gasteiger partial charge in [-0.15, -0.1) is 0 Å². The van der Waals surface area contributed by atoms with Crippen molar-refractivity contribution >= 4 is 11.6 Å². The van der Waals surface area contributed by atoms with Gasteiger partial charge in [0, 0.05) is 5.02 Å². The topological polar surface area (TPSA) is 12.0 Å². The van der Waals surface area contributed by atoms with E-state index in [4.69, 9.17) is 11.6 Å². The van der Waals surface area contributed by atoms with Crippen molar-refractivity contribution in [3.63, 3.8) is 0 Å². The van der Waals surface area contributed by atoms with E-state index < -0.39 is 0 Å². The van der Waals surface area contributed by atoms with Crippen molar-refractivity contribution in [3.05, 3.63) is 34.9 Å². The third-order valence-electron chi connectivity index (χ3n) is 3.77. The van der Waals surface area contributed by atoms with Crippen LogP contribution in [0.5, 0.6) is 0 Å². The number of halogens is 1. The van der Waals surface area contributed by atoms with Crippen LogP contribution in [0, 0.1) is 11.8 Å². The molecule has 1 aromatic carbocycles. The Morgan fingerprint density at radius 2 is 2.07 bits per heavy atom. The number of nitrogens with one attached hydrogen (secondary N) is 1. The summed E-state index contributed by atoms with van der Waals surface area (Å²) in [6, 6.07) is 8.29. The van der Waals surface area contributed by atoms with Gasteiger partial charge in [-0.3, -0.25) is 0 Å². The highest BCUT2D eigenvalue weighted by Gasteiger charge is 2.44. The van der Waals surface area contributed by atoms with Crippen molar-refractivity contribution in [1.29, 1.82) is 0 Å². The van der Waals surface area contributed by atoms with Gasteiger partial charge in [-0.1, -0.05) is 29.8 Å². The average molecular weight is 208 g/mol. The van der Waals surface area contributed by atoms with E-state index in [9.17, 15) is 0 Å². The summed E-state index contributed by atoms with van der Waals surface area (Å²) in [5.41, 5.74) is 1.36. The minimum absolute atomic E-state index is 0.712. The first-order chi connectivity index (χ1) is 6.86. The summed E-state index contributed by atoms with van der Waals surface area (Å²) in [6.07, 6.45) is 1.32. The predicted molar refractivity (Wildman–Crippen MR) is 58.7 cm³/mol. The van der Waals surface area contributed by atoms with Crippen molar-refractivity contribution in [2.45, 2.75) is 12.3 Å². The van der Waals surface area contributed by atoms with E-state index in [2.05, 4.69) is 17.4 Å². The van der Waals surface area contributed by atoms with Gasteiger partial charge in [-0.25, -0.2) is 0 Å². The minimum Gasteiger partial charge on any atom is -0.316 e. The van der Waals surface area contributed by atoms with Gasteiger partial charge in [-0.2, -0.15) is 0 Å². The zero-order chi connectivity index (χ0) is 9.54. The number of rotatable bonds is 1. The van der Waals surface area contributed by atoms with Gasteiger partial charge >= 0.3 is 0 Å². The Hall–Kier alpha value is -0.530. The molecule has 14 heavy (non-hydrogen) atoms. The van der Waals surface area contributed by atoms with Crippen molar-refractivity contribution in [2.75, 3.05) is 13.1 Å². The highest BCUT2D eigenvalue weighted by Crippen LogP contribution is 2.50. The molecule has 2 aliphatic rings. The zero-order valence-electron chi connectivity index (χ0n) is 8.04. The van der Waals surface area contributed by atoms with Crippen LogP contribution in [0.4, 0.5) is 0 Å². The maximum absolute atomic E-state index is 6.20. The summed E-state index contributed by atoms with van der Waals surface area (Å²) in [5.74, 6) is 2.47. The van der Waals surface area contributed by atoms with Crippen LogP contribution in [-0.2, 0) is 0 Å². The van der Waals surface area contributed by atoms with Gasteiger partial charge in [0.05, 0.1) is 0 Å². The number of hydrogen-bond acceptors (Lipinski definition) is 1. The molecule has 0 bridgehead atoms. The van der Waals surface area contributed by atoms with E-state index in [-0.39, 0.29) is 0 Å². The van der Waals surface area contributed by atoms with Crippen molar-refractivity contribution in [1.82, 2.24) is 5.32 Å². The third-order valence-corrected chi connectivity index (χ3v) is 4.11. The first-order valence-electron chi connectivity index (χ1n) is 5.31. The summed E-state index contributed by atoms with van der Waals surface area (Å²) >= 11 is 6.20. The number of fused-ring (bicyclic) bond motifs is 1. The normalized spacial score (nSPS) is 35.1. The fourth-order valence-corrected chi connectivity index (χ4v) is 3.20. The molecule has 3 rings (SSSR count). The molecule has 1 nitrogen and oxygen atoms in total. The molecule has 1 heterocycles. The Kier molecular flexibility index (Phi) is 2.03. The van der Waals surface area contributed by atoms with Gasteiger partial charge in [0.1, 0.15) is 0 Å². The molecule has 2 fully saturated rings. The lowest BCUT2D eigenvalue weighted by Gasteiger charge is -2.40. The molecule has 2 heteroatoms. The molecule has 3 atom stereocenters. The fraction of sp³-hybridized carbons (Fsp3) is 0.500. The molecule has 1 aliphatic heterocycles. The molecule has 1 aliphatic carbocycles. The second-order valence-corrected chi connectivity index (χ2v) is 4.85. The Balaban J connectivity index is 1.87. The van der Waals surface area contributed by atoms with E-state index in [0.29, 0.717) is 5.92 Å². The maximum Gasteiger partial charge on any atom is 0.0440 e. The summed E-state index contributed by atoms with van der Waals surface area (Å²) in [7, 11) is 0. The molecule has 0 amide bonds. The molecule has 74 valence electrons. The first-order valence-corrected chi connectivity index (χ1v) is 5.69. The summed E-state index contributed by atoms with van der Waals surface area (Å²) in [6.45, 7) is 2.40. The Morgan fingerprint density at radius 3 is 2.86 bits per heavy atom. The van der Waals surface area contributed by atoms with Crippen molar-refractivity contribution in [3.8, 4) is 0 Å². The monoisotopic (exact) mass is 207 g/mol. The SMILES string of the molecule is Clc1ccccc1C1CC2CNCC21. The zero-order valence-corrected chi connectivity index (χ0v) is 8.80. The molecular formula is C12H14ClN. The Morgan fingerprint density at radius 1 is 1.21 bits per heavy atom. The van der Waals surface area contributed by atoms with E-state index in [0.717, 1.165) is 16.9 Å². The van der Waals surface area contributed by atoms with Crippen LogP contribution in [0.3, 0.4) is 0 Å². The van der Waals surface area contributed by atoms with Crippen LogP contribution >= 0.6 is 11.6 Å². The Labute approximate surface area is 89.5 Å². The summed E-state index contributed by atoms with van der Waals surface area (Å²) in [4.78, 5) is 0. The Bertz CT molecular complexity index is 350. The highest BCUT2D eigenvalue weighted by atomic mass is 35.5. The van der Waals surface area contributed by atoms with Crippen LogP contribution < -0.4 is 5.32 Å². The van der Waals surface area contributed by atoms with Gasteiger partial charge in [0.2, 0.25) is 0 Å². The third kappa shape index (κ3) is 1.19. The quantitative estimate of drug-likeness (QED) is 0.747. The van der Waals surface area contributed by atoms with Gasteiger partial charge in [-0.05, 0) is 48.9 Å². The summed E-state index contributed by atoms with van der Waals surface area (Å²) < 4.78 is 0. The molecule has 1 saturated carbocycles. The second-order valence-electron chi connectivity index (χ2n) is 4.45. The summed E-state index contributed by atoms with van der Waals surface area (Å²) in [5, 5.41) is 4.41. The standard InChI is InChI=1S/C12H14ClN/c13-12-4-2-1-3-9(12)10-5-8-6-14-7-11(8)10/h1-4,8,10-11,14H,5-7H2. The van der Waals surface area contributed by atoms with Crippen molar-refractivity contribution in [2.24, 2.45) is 11.8 Å². The lowest BCUT2D eigenvalue weighted by molar-refractivity contribution is 0.191. The van der Waals surface area contributed by atoms with E-state index >= 15 is 0 Å². The smallest absolute Gasteiger partial charge is 0.0440 e. The van der Waals surface area contributed by atoms with Crippen LogP contribution in [0.2, 0.25) is 5.02 Å². The number of benzene rings is 1. The first kappa shape index (κ1) is 8.75. The lowest BCUT2D eigenvalue weighted by Crippen LogP contribution is -2.33. The van der Waals surface area contributed by atoms with Crippen LogP contribution in [0.1, 0.15) is 17.9 Å². The van der Waals surface area contributed by atoms with Crippen LogP contribution in [0.15, 0.2) is 24.3 Å². The van der Waals surface area contributed by atoms with Crippen LogP contribution in [-0.4, -0.2) is 13.1 Å². The maximum atomic E-state index is 6.20. The van der Waals surface area contributed by atoms with Gasteiger partial charge < -0.3 is 5.32 Å². The molecule has 0 radical (unpaired) electrons. The average Bonchev–Trinajstić information content (AvgIpc) is 2.52. The molecule has 1 saturated heterocycles. The largest absolute Gasteiger partial charge is 0.316 e. The lowest BCUT2D eigenvalue weighted by atomic mass is 9.64. The predicted octanol–water partition coefficient (Wildman–Crippen LogP) is 2.66. The number of hydrogen-bond donors (Lipinski definition) is 1. The highest BCUT2D eigenvalue weighted by molar-refractivity contribution is 6.31.